The van der Waals surface area contributed by atoms with Gasteiger partial charge in [-0.3, -0.25) is 0 Å². The summed E-state index contributed by atoms with van der Waals surface area (Å²) in [5, 5.41) is 5.76. The molecule has 1 aliphatic rings. The van der Waals surface area contributed by atoms with Crippen LogP contribution in [-0.4, -0.2) is 26.5 Å². The minimum Gasteiger partial charge on any atom is -0.335 e. The topological polar surface area (TPSA) is 87.3 Å². The predicted octanol–water partition coefficient (Wildman–Crippen LogP) is 3.22. The van der Waals surface area contributed by atoms with Crippen molar-refractivity contribution in [1.29, 1.82) is 0 Å². The summed E-state index contributed by atoms with van der Waals surface area (Å²) in [6, 6.07) is 6.00. The van der Waals surface area contributed by atoms with Crippen LogP contribution >= 0.6 is 0 Å². The zero-order valence-corrected chi connectivity index (χ0v) is 15.2. The molecular formula is C17H27N3O3S. The van der Waals surface area contributed by atoms with Gasteiger partial charge in [0.05, 0.1) is 4.90 Å². The van der Waals surface area contributed by atoms with E-state index in [1.807, 2.05) is 0 Å². The number of hydrogen-bond acceptors (Lipinski definition) is 3. The molecule has 0 bridgehead atoms. The van der Waals surface area contributed by atoms with Crippen LogP contribution in [0.25, 0.3) is 0 Å². The van der Waals surface area contributed by atoms with Gasteiger partial charge in [-0.05, 0) is 51.0 Å². The summed E-state index contributed by atoms with van der Waals surface area (Å²) < 4.78 is 26.6. The Kier molecular flexibility index (Phi) is 6.62. The molecule has 0 saturated heterocycles. The molecule has 7 heteroatoms. The maximum atomic E-state index is 12.1. The zero-order chi connectivity index (χ0) is 17.6. The largest absolute Gasteiger partial charge is 0.335 e. The molecule has 0 aliphatic heterocycles. The molecule has 1 aliphatic carbocycles. The number of amides is 2. The van der Waals surface area contributed by atoms with E-state index in [1.54, 1.807) is 26.0 Å². The number of urea groups is 1. The number of nitrogens with one attached hydrogen (secondary N) is 3. The average Bonchev–Trinajstić information content (AvgIpc) is 2.75. The van der Waals surface area contributed by atoms with E-state index >= 15 is 0 Å². The molecular weight excluding hydrogens is 326 g/mol. The molecule has 0 spiro atoms. The summed E-state index contributed by atoms with van der Waals surface area (Å²) in [4.78, 5) is 12.3. The van der Waals surface area contributed by atoms with E-state index in [9.17, 15) is 13.2 Å². The third-order valence-electron chi connectivity index (χ3n) is 4.00. The first-order valence-electron chi connectivity index (χ1n) is 8.57. The van der Waals surface area contributed by atoms with Crippen molar-refractivity contribution in [3.63, 3.8) is 0 Å². The molecule has 3 N–H and O–H groups in total. The van der Waals surface area contributed by atoms with E-state index in [2.05, 4.69) is 15.4 Å². The van der Waals surface area contributed by atoms with Crippen molar-refractivity contribution in [3.8, 4) is 0 Å². The first kappa shape index (κ1) is 18.7. The number of carbonyl (C=O) groups excluding carboxylic acids is 1. The van der Waals surface area contributed by atoms with Gasteiger partial charge in [-0.25, -0.2) is 17.9 Å². The highest BCUT2D eigenvalue weighted by molar-refractivity contribution is 7.89. The predicted molar refractivity (Wildman–Crippen MR) is 95.5 cm³/mol. The standard InChI is InChI=1S/C17H27N3O3S/c1-13(2)20-24(22,23)16-11-9-15(10-12-16)19-17(21)18-14-7-5-3-4-6-8-14/h9-14,20H,3-8H2,1-2H3,(H2,18,19,21). The summed E-state index contributed by atoms with van der Waals surface area (Å²) in [7, 11) is -3.51. The minimum absolute atomic E-state index is 0.168. The van der Waals surface area contributed by atoms with Crippen LogP contribution in [0.3, 0.4) is 0 Å². The van der Waals surface area contributed by atoms with Crippen LogP contribution in [0, 0.1) is 0 Å². The minimum atomic E-state index is -3.51. The number of sulfonamides is 1. The number of rotatable bonds is 5. The molecule has 1 aromatic rings. The lowest BCUT2D eigenvalue weighted by molar-refractivity contribution is 0.247. The van der Waals surface area contributed by atoms with Crippen molar-refractivity contribution in [2.75, 3.05) is 5.32 Å². The molecule has 0 aromatic heterocycles. The van der Waals surface area contributed by atoms with Gasteiger partial charge in [-0.1, -0.05) is 25.7 Å². The van der Waals surface area contributed by atoms with E-state index in [-0.39, 0.29) is 23.0 Å². The van der Waals surface area contributed by atoms with Crippen molar-refractivity contribution in [2.45, 2.75) is 69.4 Å². The lowest BCUT2D eigenvalue weighted by Gasteiger charge is -2.17. The molecule has 0 heterocycles. The van der Waals surface area contributed by atoms with Crippen molar-refractivity contribution in [1.82, 2.24) is 10.0 Å². The summed E-state index contributed by atoms with van der Waals surface area (Å²) in [5.41, 5.74) is 0.574. The van der Waals surface area contributed by atoms with Gasteiger partial charge in [-0.15, -0.1) is 0 Å². The molecule has 1 saturated carbocycles. The second-order valence-electron chi connectivity index (χ2n) is 6.59. The molecule has 0 radical (unpaired) electrons. The fourth-order valence-corrected chi connectivity index (χ4v) is 4.12. The van der Waals surface area contributed by atoms with Gasteiger partial charge in [0.1, 0.15) is 0 Å². The van der Waals surface area contributed by atoms with Gasteiger partial charge < -0.3 is 10.6 Å². The fourth-order valence-electron chi connectivity index (χ4n) is 2.87. The van der Waals surface area contributed by atoms with E-state index in [1.165, 1.54) is 25.0 Å². The quantitative estimate of drug-likeness (QED) is 0.710. The summed E-state index contributed by atoms with van der Waals surface area (Å²) in [6.45, 7) is 3.54. The molecule has 0 atom stereocenters. The van der Waals surface area contributed by atoms with E-state index < -0.39 is 10.0 Å². The first-order chi connectivity index (χ1) is 11.4. The van der Waals surface area contributed by atoms with Gasteiger partial charge in [0.2, 0.25) is 10.0 Å². The third kappa shape index (κ3) is 5.79. The lowest BCUT2D eigenvalue weighted by Crippen LogP contribution is -2.37. The van der Waals surface area contributed by atoms with Gasteiger partial charge in [0.25, 0.3) is 0 Å². The average molecular weight is 353 g/mol. The molecule has 6 nitrogen and oxygen atoms in total. The Hall–Kier alpha value is -1.60. The monoisotopic (exact) mass is 353 g/mol. The summed E-state index contributed by atoms with van der Waals surface area (Å²) >= 11 is 0. The van der Waals surface area contributed by atoms with Crippen LogP contribution in [-0.2, 0) is 10.0 Å². The smallest absolute Gasteiger partial charge is 0.319 e. The Morgan fingerprint density at radius 3 is 2.17 bits per heavy atom. The number of hydrogen-bond donors (Lipinski definition) is 3. The maximum Gasteiger partial charge on any atom is 0.319 e. The second kappa shape index (κ2) is 8.48. The second-order valence-corrected chi connectivity index (χ2v) is 8.30. The fraction of sp³-hybridized carbons (Fsp3) is 0.588. The number of carbonyl (C=O) groups is 1. The Morgan fingerprint density at radius 2 is 1.62 bits per heavy atom. The summed E-state index contributed by atoms with van der Waals surface area (Å²) in [6.07, 6.45) is 6.82. The van der Waals surface area contributed by atoms with Crippen LogP contribution in [0.15, 0.2) is 29.2 Å². The van der Waals surface area contributed by atoms with Gasteiger partial charge in [0, 0.05) is 17.8 Å². The van der Waals surface area contributed by atoms with Crippen molar-refractivity contribution < 1.29 is 13.2 Å². The molecule has 24 heavy (non-hydrogen) atoms. The van der Waals surface area contributed by atoms with Gasteiger partial charge >= 0.3 is 6.03 Å². The Labute approximate surface area is 144 Å². The highest BCUT2D eigenvalue weighted by Gasteiger charge is 2.16. The molecule has 1 aromatic carbocycles. The van der Waals surface area contributed by atoms with Crippen LogP contribution in [0.4, 0.5) is 10.5 Å². The molecule has 2 rings (SSSR count). The highest BCUT2D eigenvalue weighted by Crippen LogP contribution is 2.18. The summed E-state index contributed by atoms with van der Waals surface area (Å²) in [5.74, 6) is 0. The van der Waals surface area contributed by atoms with E-state index in [0.29, 0.717) is 5.69 Å². The SMILES string of the molecule is CC(C)NS(=O)(=O)c1ccc(NC(=O)NC2CCCCCC2)cc1. The maximum absolute atomic E-state index is 12.1. The van der Waals surface area contributed by atoms with Crippen molar-refractivity contribution in [3.05, 3.63) is 24.3 Å². The molecule has 2 amide bonds. The van der Waals surface area contributed by atoms with E-state index in [4.69, 9.17) is 0 Å². The highest BCUT2D eigenvalue weighted by atomic mass is 32.2. The Morgan fingerprint density at radius 1 is 1.04 bits per heavy atom. The van der Waals surface area contributed by atoms with Crippen LogP contribution < -0.4 is 15.4 Å². The van der Waals surface area contributed by atoms with E-state index in [0.717, 1.165) is 25.7 Å². The number of benzene rings is 1. The lowest BCUT2D eigenvalue weighted by atomic mass is 10.1. The van der Waals surface area contributed by atoms with Crippen LogP contribution in [0.1, 0.15) is 52.4 Å². The third-order valence-corrected chi connectivity index (χ3v) is 5.68. The van der Waals surface area contributed by atoms with Crippen LogP contribution in [0.5, 0.6) is 0 Å². The Bertz CT molecular complexity index is 634. The molecule has 1 fully saturated rings. The zero-order valence-electron chi connectivity index (χ0n) is 14.3. The Balaban J connectivity index is 1.92. The first-order valence-corrected chi connectivity index (χ1v) is 10.0. The van der Waals surface area contributed by atoms with Crippen LogP contribution in [0.2, 0.25) is 0 Å². The van der Waals surface area contributed by atoms with Crippen molar-refractivity contribution >= 4 is 21.7 Å². The number of anilines is 1. The van der Waals surface area contributed by atoms with Gasteiger partial charge in [-0.2, -0.15) is 0 Å². The van der Waals surface area contributed by atoms with Crippen molar-refractivity contribution in [2.24, 2.45) is 0 Å². The molecule has 134 valence electrons. The normalized spacial score (nSPS) is 16.6. The van der Waals surface area contributed by atoms with Gasteiger partial charge in [0.15, 0.2) is 0 Å². The molecule has 0 unspecified atom stereocenters.